The molecule has 3 N–H and O–H groups in total. The van der Waals surface area contributed by atoms with Gasteiger partial charge in [0.25, 0.3) is 0 Å². The predicted molar refractivity (Wildman–Crippen MR) is 75.0 cm³/mol. The standard InChI is InChI=1S/C15H23FN2/c1-2-11-3-5-12(6-4-11)10-18-15-9-13(16)7-8-14(15)17/h7-9,11-12,18H,2-6,10,17H2,1H3. The molecule has 2 rings (SSSR count). The van der Waals surface area contributed by atoms with Crippen molar-refractivity contribution in [1.82, 2.24) is 0 Å². The van der Waals surface area contributed by atoms with E-state index < -0.39 is 0 Å². The van der Waals surface area contributed by atoms with E-state index in [1.807, 2.05) is 0 Å². The Morgan fingerprint density at radius 3 is 2.56 bits per heavy atom. The molecule has 2 nitrogen and oxygen atoms in total. The highest BCUT2D eigenvalue weighted by atomic mass is 19.1. The number of halogens is 1. The Morgan fingerprint density at radius 2 is 1.89 bits per heavy atom. The third-order valence-electron chi connectivity index (χ3n) is 4.14. The van der Waals surface area contributed by atoms with Gasteiger partial charge in [0.2, 0.25) is 0 Å². The van der Waals surface area contributed by atoms with Gasteiger partial charge in [0, 0.05) is 6.54 Å². The Labute approximate surface area is 109 Å². The number of nitrogens with two attached hydrogens (primary N) is 1. The fraction of sp³-hybridized carbons (Fsp3) is 0.600. The van der Waals surface area contributed by atoms with Gasteiger partial charge < -0.3 is 11.1 Å². The van der Waals surface area contributed by atoms with Crippen LogP contribution in [0.2, 0.25) is 0 Å². The number of nitrogen functional groups attached to an aromatic ring is 1. The van der Waals surface area contributed by atoms with Crippen LogP contribution in [0.1, 0.15) is 39.0 Å². The van der Waals surface area contributed by atoms with Crippen molar-refractivity contribution in [3.8, 4) is 0 Å². The third kappa shape index (κ3) is 3.37. The average Bonchev–Trinajstić information content (AvgIpc) is 2.40. The largest absolute Gasteiger partial charge is 0.397 e. The maximum atomic E-state index is 13.1. The first-order valence-corrected chi connectivity index (χ1v) is 6.98. The van der Waals surface area contributed by atoms with Gasteiger partial charge in [-0.25, -0.2) is 4.39 Å². The van der Waals surface area contributed by atoms with E-state index in [0.29, 0.717) is 11.6 Å². The van der Waals surface area contributed by atoms with Crippen molar-refractivity contribution in [1.29, 1.82) is 0 Å². The molecule has 1 aliphatic carbocycles. The highest BCUT2D eigenvalue weighted by molar-refractivity contribution is 5.65. The van der Waals surface area contributed by atoms with Gasteiger partial charge in [0.05, 0.1) is 11.4 Å². The molecule has 0 amide bonds. The molecule has 3 heteroatoms. The minimum absolute atomic E-state index is 0.235. The fourth-order valence-corrected chi connectivity index (χ4v) is 2.78. The molecular formula is C15H23FN2. The second kappa shape index (κ2) is 6.07. The molecule has 0 aliphatic heterocycles. The predicted octanol–water partition coefficient (Wildman–Crippen LogP) is 4.04. The molecule has 0 radical (unpaired) electrons. The monoisotopic (exact) mass is 250 g/mol. The van der Waals surface area contributed by atoms with Crippen LogP contribution < -0.4 is 11.1 Å². The van der Waals surface area contributed by atoms with Crippen molar-refractivity contribution in [3.63, 3.8) is 0 Å². The molecule has 1 aromatic rings. The molecule has 0 bridgehead atoms. The van der Waals surface area contributed by atoms with Crippen molar-refractivity contribution in [2.24, 2.45) is 11.8 Å². The SMILES string of the molecule is CCC1CCC(CNc2cc(F)ccc2N)CC1. The van der Waals surface area contributed by atoms with E-state index in [9.17, 15) is 4.39 Å². The van der Waals surface area contributed by atoms with Gasteiger partial charge in [0.1, 0.15) is 5.82 Å². The maximum absolute atomic E-state index is 13.1. The second-order valence-corrected chi connectivity index (χ2v) is 5.41. The first kappa shape index (κ1) is 13.2. The number of benzene rings is 1. The molecule has 0 atom stereocenters. The smallest absolute Gasteiger partial charge is 0.125 e. The minimum Gasteiger partial charge on any atom is -0.397 e. The summed E-state index contributed by atoms with van der Waals surface area (Å²) in [6, 6.07) is 4.49. The molecule has 0 heterocycles. The first-order chi connectivity index (χ1) is 8.69. The van der Waals surface area contributed by atoms with Crippen molar-refractivity contribution in [2.45, 2.75) is 39.0 Å². The molecule has 100 valence electrons. The van der Waals surface area contributed by atoms with Crippen LogP contribution in [0.25, 0.3) is 0 Å². The van der Waals surface area contributed by atoms with Crippen molar-refractivity contribution >= 4 is 11.4 Å². The maximum Gasteiger partial charge on any atom is 0.125 e. The second-order valence-electron chi connectivity index (χ2n) is 5.41. The zero-order valence-electron chi connectivity index (χ0n) is 11.1. The summed E-state index contributed by atoms with van der Waals surface area (Å²) < 4.78 is 13.1. The number of anilines is 2. The quantitative estimate of drug-likeness (QED) is 0.792. The molecule has 1 fully saturated rings. The molecule has 18 heavy (non-hydrogen) atoms. The van der Waals surface area contributed by atoms with E-state index in [0.717, 1.165) is 18.2 Å². The normalized spacial score (nSPS) is 23.9. The van der Waals surface area contributed by atoms with E-state index >= 15 is 0 Å². The highest BCUT2D eigenvalue weighted by Crippen LogP contribution is 2.31. The van der Waals surface area contributed by atoms with Crippen LogP contribution in [0.15, 0.2) is 18.2 Å². The minimum atomic E-state index is -0.235. The Hall–Kier alpha value is -1.25. The molecule has 1 saturated carbocycles. The summed E-state index contributed by atoms with van der Waals surface area (Å²) in [4.78, 5) is 0. The van der Waals surface area contributed by atoms with Crippen LogP contribution in [-0.2, 0) is 0 Å². The lowest BCUT2D eigenvalue weighted by Crippen LogP contribution is -2.21. The summed E-state index contributed by atoms with van der Waals surface area (Å²) in [6.45, 7) is 3.18. The van der Waals surface area contributed by atoms with E-state index in [1.165, 1.54) is 44.2 Å². The zero-order chi connectivity index (χ0) is 13.0. The Bertz CT molecular complexity index is 384. The Kier molecular flexibility index (Phi) is 4.45. The topological polar surface area (TPSA) is 38.0 Å². The van der Waals surface area contributed by atoms with Gasteiger partial charge in [-0.05, 0) is 42.9 Å². The summed E-state index contributed by atoms with van der Waals surface area (Å²) in [6.07, 6.45) is 6.53. The summed E-state index contributed by atoms with van der Waals surface area (Å²) in [7, 11) is 0. The summed E-state index contributed by atoms with van der Waals surface area (Å²) >= 11 is 0. The molecule has 0 spiro atoms. The molecule has 0 unspecified atom stereocenters. The third-order valence-corrected chi connectivity index (χ3v) is 4.14. The number of hydrogen-bond acceptors (Lipinski definition) is 2. The van der Waals surface area contributed by atoms with Crippen LogP contribution in [0.4, 0.5) is 15.8 Å². The van der Waals surface area contributed by atoms with Gasteiger partial charge >= 0.3 is 0 Å². The molecule has 0 saturated heterocycles. The summed E-state index contributed by atoms with van der Waals surface area (Å²) in [5.74, 6) is 1.39. The fourth-order valence-electron chi connectivity index (χ4n) is 2.78. The van der Waals surface area contributed by atoms with Gasteiger partial charge in [0.15, 0.2) is 0 Å². The summed E-state index contributed by atoms with van der Waals surface area (Å²) in [5, 5.41) is 3.29. The van der Waals surface area contributed by atoms with Gasteiger partial charge in [-0.2, -0.15) is 0 Å². The lowest BCUT2D eigenvalue weighted by atomic mass is 9.81. The summed E-state index contributed by atoms with van der Waals surface area (Å²) in [5.41, 5.74) is 7.17. The van der Waals surface area contributed by atoms with E-state index in [-0.39, 0.29) is 5.82 Å². The molecule has 1 aromatic carbocycles. The zero-order valence-corrected chi connectivity index (χ0v) is 11.1. The van der Waals surface area contributed by atoms with Crippen LogP contribution in [0.3, 0.4) is 0 Å². The van der Waals surface area contributed by atoms with Crippen molar-refractivity contribution in [3.05, 3.63) is 24.0 Å². The number of nitrogens with one attached hydrogen (secondary N) is 1. The Morgan fingerprint density at radius 1 is 1.22 bits per heavy atom. The first-order valence-electron chi connectivity index (χ1n) is 6.98. The number of rotatable bonds is 4. The lowest BCUT2D eigenvalue weighted by Gasteiger charge is -2.28. The Balaban J connectivity index is 1.83. The van der Waals surface area contributed by atoms with Crippen LogP contribution in [-0.4, -0.2) is 6.54 Å². The van der Waals surface area contributed by atoms with E-state index in [1.54, 1.807) is 6.07 Å². The number of hydrogen-bond donors (Lipinski definition) is 2. The highest BCUT2D eigenvalue weighted by Gasteiger charge is 2.19. The molecular weight excluding hydrogens is 227 g/mol. The van der Waals surface area contributed by atoms with E-state index in [4.69, 9.17) is 5.73 Å². The average molecular weight is 250 g/mol. The lowest BCUT2D eigenvalue weighted by molar-refractivity contribution is 0.278. The van der Waals surface area contributed by atoms with Crippen LogP contribution >= 0.6 is 0 Å². The molecule has 1 aliphatic rings. The van der Waals surface area contributed by atoms with Crippen molar-refractivity contribution < 1.29 is 4.39 Å². The van der Waals surface area contributed by atoms with Crippen molar-refractivity contribution in [2.75, 3.05) is 17.6 Å². The van der Waals surface area contributed by atoms with Gasteiger partial charge in [-0.1, -0.05) is 26.2 Å². The van der Waals surface area contributed by atoms with E-state index in [2.05, 4.69) is 12.2 Å². The van der Waals surface area contributed by atoms with Crippen LogP contribution in [0, 0.1) is 17.7 Å². The van der Waals surface area contributed by atoms with Crippen LogP contribution in [0.5, 0.6) is 0 Å². The molecule has 0 aromatic heterocycles. The van der Waals surface area contributed by atoms with Gasteiger partial charge in [-0.3, -0.25) is 0 Å². The van der Waals surface area contributed by atoms with Gasteiger partial charge in [-0.15, -0.1) is 0 Å².